The molecule has 1 aromatic rings. The number of sulfonamides is 2. The largest absolute Gasteiger partial charge is 0.480 e. The van der Waals surface area contributed by atoms with Crippen LogP contribution in [0.1, 0.15) is 117 Å². The SMILES string of the molecule is CCCCCCCCCCCCCCCC[n+]1ccn(CCCC)c1.O=S(=O)([N-]S(=O)(=O)C(F)(F)F)C(F)(F)F. The molecule has 0 radical (unpaired) electrons. The third-order valence-electron chi connectivity index (χ3n) is 6.07. The highest BCUT2D eigenvalue weighted by molar-refractivity contribution is 8.13. The first-order chi connectivity index (χ1) is 18.6. The van der Waals surface area contributed by atoms with E-state index in [-0.39, 0.29) is 0 Å². The topological polar surface area (TPSA) is 91.2 Å². The van der Waals surface area contributed by atoms with Crippen molar-refractivity contribution in [3.8, 4) is 0 Å². The number of aryl methyl sites for hydroxylation is 2. The van der Waals surface area contributed by atoms with E-state index >= 15 is 0 Å². The van der Waals surface area contributed by atoms with E-state index in [1.165, 1.54) is 116 Å². The molecule has 0 aliphatic heterocycles. The summed E-state index contributed by atoms with van der Waals surface area (Å²) in [5, 5.41) is 0. The molecule has 0 bridgehead atoms. The van der Waals surface area contributed by atoms with Crippen LogP contribution in [0.4, 0.5) is 26.3 Å². The lowest BCUT2D eigenvalue weighted by Gasteiger charge is -2.22. The smallest absolute Gasteiger partial charge is 0.421 e. The van der Waals surface area contributed by atoms with Crippen molar-refractivity contribution in [2.45, 2.75) is 141 Å². The maximum Gasteiger partial charge on any atom is 0.480 e. The molecule has 0 saturated carbocycles. The van der Waals surface area contributed by atoms with E-state index < -0.39 is 31.1 Å². The number of hydrogen-bond acceptors (Lipinski definition) is 4. The van der Waals surface area contributed by atoms with Crippen LogP contribution < -0.4 is 4.57 Å². The van der Waals surface area contributed by atoms with Gasteiger partial charge in [-0.25, -0.2) is 26.0 Å². The van der Waals surface area contributed by atoms with Crippen LogP contribution in [0.25, 0.3) is 4.13 Å². The molecule has 0 spiro atoms. The van der Waals surface area contributed by atoms with Crippen molar-refractivity contribution in [2.24, 2.45) is 0 Å². The molecular weight excluding hydrogens is 584 g/mol. The lowest BCUT2D eigenvalue weighted by Crippen LogP contribution is -2.30. The first-order valence-electron chi connectivity index (χ1n) is 14.0. The van der Waals surface area contributed by atoms with Crippen LogP contribution >= 0.6 is 0 Å². The van der Waals surface area contributed by atoms with Crippen molar-refractivity contribution < 1.29 is 47.7 Å². The highest BCUT2D eigenvalue weighted by atomic mass is 32.3. The van der Waals surface area contributed by atoms with Gasteiger partial charge in [-0.15, -0.1) is 0 Å². The summed E-state index contributed by atoms with van der Waals surface area (Å²) in [7, 11) is -13.4. The van der Waals surface area contributed by atoms with Gasteiger partial charge in [0.25, 0.3) is 0 Å². The van der Waals surface area contributed by atoms with Gasteiger partial charge in [-0.1, -0.05) is 97.3 Å². The van der Waals surface area contributed by atoms with E-state index in [1.54, 1.807) is 0 Å². The van der Waals surface area contributed by atoms with Gasteiger partial charge in [-0.3, -0.25) is 0 Å². The number of aromatic nitrogens is 2. The average Bonchev–Trinajstić information content (AvgIpc) is 3.29. The summed E-state index contributed by atoms with van der Waals surface area (Å²) in [6.45, 7) is 6.91. The van der Waals surface area contributed by atoms with Crippen LogP contribution in [-0.2, 0) is 33.1 Å². The molecule has 15 heteroatoms. The normalized spacial score (nSPS) is 12.8. The van der Waals surface area contributed by atoms with Crippen molar-refractivity contribution in [1.29, 1.82) is 0 Å². The Bertz CT molecular complexity index is 953. The number of hydrogen-bond donors (Lipinski definition) is 0. The van der Waals surface area contributed by atoms with Gasteiger partial charge < -0.3 is 4.13 Å². The zero-order chi connectivity index (χ0) is 30.7. The fourth-order valence-corrected chi connectivity index (χ4v) is 5.46. The zero-order valence-electron chi connectivity index (χ0n) is 23.5. The second-order valence-corrected chi connectivity index (χ2v) is 13.2. The molecule has 0 unspecified atom stereocenters. The zero-order valence-corrected chi connectivity index (χ0v) is 25.2. The van der Waals surface area contributed by atoms with Crippen LogP contribution in [0.3, 0.4) is 0 Å². The first kappa shape index (κ1) is 38.6. The Balaban J connectivity index is 0.000000868. The fraction of sp³-hybridized carbons (Fsp3) is 0.880. The Morgan fingerprint density at radius 2 is 1.00 bits per heavy atom. The number of alkyl halides is 6. The molecule has 0 atom stereocenters. The Morgan fingerprint density at radius 3 is 1.38 bits per heavy atom. The number of unbranched alkanes of at least 4 members (excludes halogenated alkanes) is 14. The third kappa shape index (κ3) is 17.5. The summed E-state index contributed by atoms with van der Waals surface area (Å²) in [6.07, 6.45) is 29.4. The van der Waals surface area contributed by atoms with Crippen LogP contribution in [-0.4, -0.2) is 32.4 Å². The molecule has 0 N–H and O–H groups in total. The Kier molecular flexibility index (Phi) is 19.0. The predicted octanol–water partition coefficient (Wildman–Crippen LogP) is 8.12. The van der Waals surface area contributed by atoms with Crippen molar-refractivity contribution >= 4 is 20.0 Å². The number of imidazole rings is 1. The molecule has 0 aliphatic carbocycles. The lowest BCUT2D eigenvalue weighted by molar-refractivity contribution is -0.696. The third-order valence-corrected chi connectivity index (χ3v) is 8.81. The van der Waals surface area contributed by atoms with E-state index in [4.69, 9.17) is 0 Å². The summed E-state index contributed by atoms with van der Waals surface area (Å²) in [5.74, 6) is 0. The quantitative estimate of drug-likeness (QED) is 0.0828. The lowest BCUT2D eigenvalue weighted by atomic mass is 10.0. The number of nitrogens with zero attached hydrogens (tertiary/aromatic N) is 3. The van der Waals surface area contributed by atoms with Crippen LogP contribution in [0.2, 0.25) is 0 Å². The summed E-state index contributed by atoms with van der Waals surface area (Å²) < 4.78 is 114. The van der Waals surface area contributed by atoms with Crippen LogP contribution in [0, 0.1) is 0 Å². The van der Waals surface area contributed by atoms with E-state index in [2.05, 4.69) is 41.7 Å². The molecule has 1 rings (SSSR count). The molecule has 1 aromatic heterocycles. The van der Waals surface area contributed by atoms with Gasteiger partial charge in [0.1, 0.15) is 12.4 Å². The van der Waals surface area contributed by atoms with Crippen molar-refractivity contribution in [3.63, 3.8) is 0 Å². The highest BCUT2D eigenvalue weighted by Gasteiger charge is 2.46. The number of halogens is 6. The summed E-state index contributed by atoms with van der Waals surface area (Å²) in [6, 6.07) is 0. The molecule has 238 valence electrons. The van der Waals surface area contributed by atoms with Crippen molar-refractivity contribution in [3.05, 3.63) is 22.8 Å². The Labute approximate surface area is 235 Å². The second-order valence-electron chi connectivity index (χ2n) is 9.76. The minimum Gasteiger partial charge on any atom is -0.421 e. The van der Waals surface area contributed by atoms with Gasteiger partial charge in [0, 0.05) is 0 Å². The van der Waals surface area contributed by atoms with Gasteiger partial charge in [0.05, 0.1) is 13.1 Å². The average molecular weight is 630 g/mol. The molecule has 0 fully saturated rings. The molecule has 0 aliphatic rings. The minimum atomic E-state index is -6.72. The van der Waals surface area contributed by atoms with Gasteiger partial charge in [-0.05, 0) is 19.3 Å². The van der Waals surface area contributed by atoms with E-state index in [9.17, 15) is 43.2 Å². The Hall–Kier alpha value is -1.35. The number of rotatable bonds is 20. The summed E-state index contributed by atoms with van der Waals surface area (Å²) in [4.78, 5) is 0. The standard InChI is InChI=1S/C23H45N2.C2F6NO4S2/c1-3-5-7-8-9-10-11-12-13-14-15-16-17-18-20-25-22-21-24(23-25)19-6-4-2;3-1(4,5)14(10,11)9-15(12,13)2(6,7)8/h21-23H,3-20H2,1-2H3;/q+1;-1. The maximum atomic E-state index is 11.4. The molecule has 40 heavy (non-hydrogen) atoms. The second kappa shape index (κ2) is 19.7. The van der Waals surface area contributed by atoms with Crippen molar-refractivity contribution in [1.82, 2.24) is 4.57 Å². The molecule has 0 aromatic carbocycles. The van der Waals surface area contributed by atoms with E-state index in [1.807, 2.05) is 0 Å². The Morgan fingerprint density at radius 1 is 0.625 bits per heavy atom. The molecule has 0 saturated heterocycles. The van der Waals surface area contributed by atoms with Gasteiger partial charge in [0.2, 0.25) is 6.33 Å². The summed E-state index contributed by atoms with van der Waals surface area (Å²) >= 11 is 0. The highest BCUT2D eigenvalue weighted by Crippen LogP contribution is 2.36. The van der Waals surface area contributed by atoms with Crippen LogP contribution in [0.5, 0.6) is 0 Å². The van der Waals surface area contributed by atoms with Crippen LogP contribution in [0.15, 0.2) is 18.7 Å². The van der Waals surface area contributed by atoms with Gasteiger partial charge in [0.15, 0.2) is 20.0 Å². The molecule has 7 nitrogen and oxygen atoms in total. The van der Waals surface area contributed by atoms with E-state index in [0.717, 1.165) is 4.13 Å². The summed E-state index contributed by atoms with van der Waals surface area (Å²) in [5.41, 5.74) is -12.4. The molecular formula is C25H45F6N3O4S2. The first-order valence-corrected chi connectivity index (χ1v) is 16.9. The maximum absolute atomic E-state index is 11.4. The van der Waals surface area contributed by atoms with E-state index in [0.29, 0.717) is 0 Å². The molecule has 1 heterocycles. The minimum absolute atomic E-state index is 0.778. The fourth-order valence-electron chi connectivity index (χ4n) is 3.75. The van der Waals surface area contributed by atoms with Crippen molar-refractivity contribution in [2.75, 3.05) is 0 Å². The monoisotopic (exact) mass is 629 g/mol. The van der Waals surface area contributed by atoms with Gasteiger partial charge in [-0.2, -0.15) is 26.3 Å². The van der Waals surface area contributed by atoms with Gasteiger partial charge >= 0.3 is 11.0 Å². The predicted molar refractivity (Wildman–Crippen MR) is 143 cm³/mol. The molecule has 0 amide bonds.